The molecule has 1 unspecified atom stereocenters. The zero-order valence-electron chi connectivity index (χ0n) is 16.9. The number of hydroxylamine groups is 2. The molecule has 9 heteroatoms. The second-order valence-corrected chi connectivity index (χ2v) is 6.96. The van der Waals surface area contributed by atoms with Gasteiger partial charge in [-0.1, -0.05) is 42.5 Å². The summed E-state index contributed by atoms with van der Waals surface area (Å²) in [6.45, 7) is 2.64. The number of nitrogens with zero attached hydrogens (tertiary/aromatic N) is 2. The molecular weight excluding hydrogens is 404 g/mol. The van der Waals surface area contributed by atoms with Crippen molar-refractivity contribution >= 4 is 23.5 Å². The third kappa shape index (κ3) is 5.13. The molecule has 1 heterocycles. The lowest BCUT2D eigenvalue weighted by Gasteiger charge is -2.38. The molecular formula is C22H20N2O7. The van der Waals surface area contributed by atoms with Crippen LogP contribution in [0.5, 0.6) is 0 Å². The number of esters is 1. The summed E-state index contributed by atoms with van der Waals surface area (Å²) in [7, 11) is 0. The summed E-state index contributed by atoms with van der Waals surface area (Å²) >= 11 is 0. The maximum absolute atomic E-state index is 12.9. The van der Waals surface area contributed by atoms with Crippen LogP contribution in [0, 0.1) is 10.1 Å². The smallest absolute Gasteiger partial charge is 0.363 e. The van der Waals surface area contributed by atoms with Gasteiger partial charge in [0.25, 0.3) is 11.6 Å². The SMILES string of the molecule is CC(=O)O/C(C)=C(\Cc1ccc([N+](=O)[O-])cc1)C(=O)ON1C(=O)CC1c1ccccc1. The standard InChI is InChI=1S/C22H20N2O7/c1-14(30-15(2)25)19(12-16-8-10-18(11-9-16)24(28)29)22(27)31-23-20(13-21(23)26)17-6-4-3-5-7-17/h3-11,20H,12-13H2,1-2H3/b19-14+. The van der Waals surface area contributed by atoms with Crippen LogP contribution in [-0.2, 0) is 30.4 Å². The number of rotatable bonds is 7. The van der Waals surface area contributed by atoms with E-state index in [0.29, 0.717) is 5.56 Å². The first-order valence-electron chi connectivity index (χ1n) is 9.47. The van der Waals surface area contributed by atoms with Crippen molar-refractivity contribution in [3.63, 3.8) is 0 Å². The Bertz CT molecular complexity index is 1050. The Morgan fingerprint density at radius 1 is 1.10 bits per heavy atom. The first-order valence-corrected chi connectivity index (χ1v) is 9.47. The van der Waals surface area contributed by atoms with Crippen molar-refractivity contribution in [2.75, 3.05) is 0 Å². The molecule has 1 aliphatic heterocycles. The number of nitro groups is 1. The predicted molar refractivity (Wildman–Crippen MR) is 108 cm³/mol. The summed E-state index contributed by atoms with van der Waals surface area (Å²) in [4.78, 5) is 52.0. The number of nitro benzene ring substituents is 1. The van der Waals surface area contributed by atoms with Crippen molar-refractivity contribution < 1.29 is 28.9 Å². The summed E-state index contributed by atoms with van der Waals surface area (Å²) in [6.07, 6.45) is 0.204. The first-order chi connectivity index (χ1) is 14.8. The lowest BCUT2D eigenvalue weighted by atomic mass is 9.97. The second-order valence-electron chi connectivity index (χ2n) is 6.96. The number of benzene rings is 2. The molecule has 3 rings (SSSR count). The minimum absolute atomic E-state index is 0.00598. The number of ether oxygens (including phenoxy) is 1. The Morgan fingerprint density at radius 2 is 1.74 bits per heavy atom. The predicted octanol–water partition coefficient (Wildman–Crippen LogP) is 3.41. The molecule has 0 saturated carbocycles. The maximum atomic E-state index is 12.9. The minimum atomic E-state index is -0.842. The molecule has 1 amide bonds. The molecule has 2 aromatic rings. The molecule has 0 aromatic heterocycles. The summed E-state index contributed by atoms with van der Waals surface area (Å²) in [5.41, 5.74) is 1.33. The van der Waals surface area contributed by atoms with E-state index >= 15 is 0 Å². The van der Waals surface area contributed by atoms with Crippen molar-refractivity contribution in [3.8, 4) is 0 Å². The fourth-order valence-electron chi connectivity index (χ4n) is 3.14. The Labute approximate surface area is 178 Å². The van der Waals surface area contributed by atoms with Crippen molar-refractivity contribution in [2.45, 2.75) is 32.7 Å². The van der Waals surface area contributed by atoms with Crippen molar-refractivity contribution in [1.29, 1.82) is 0 Å². The zero-order chi connectivity index (χ0) is 22.5. The lowest BCUT2D eigenvalue weighted by Crippen LogP contribution is -2.47. The maximum Gasteiger partial charge on any atom is 0.363 e. The van der Waals surface area contributed by atoms with E-state index in [9.17, 15) is 24.5 Å². The molecule has 1 aliphatic rings. The van der Waals surface area contributed by atoms with E-state index in [2.05, 4.69) is 0 Å². The number of hydrogen-bond donors (Lipinski definition) is 0. The Morgan fingerprint density at radius 3 is 2.29 bits per heavy atom. The van der Waals surface area contributed by atoms with E-state index in [-0.39, 0.29) is 35.8 Å². The van der Waals surface area contributed by atoms with Gasteiger partial charge in [-0.05, 0) is 18.1 Å². The van der Waals surface area contributed by atoms with Gasteiger partial charge in [-0.15, -0.1) is 0 Å². The largest absolute Gasteiger partial charge is 0.431 e. The Balaban J connectivity index is 1.81. The van der Waals surface area contributed by atoms with E-state index in [1.54, 1.807) is 0 Å². The molecule has 2 aromatic carbocycles. The highest BCUT2D eigenvalue weighted by Gasteiger charge is 2.41. The number of β-lactam (4-membered cyclic amide) rings is 1. The van der Waals surface area contributed by atoms with Gasteiger partial charge >= 0.3 is 11.9 Å². The molecule has 0 aliphatic carbocycles. The van der Waals surface area contributed by atoms with Gasteiger partial charge in [-0.3, -0.25) is 19.7 Å². The van der Waals surface area contributed by atoms with E-state index < -0.39 is 22.9 Å². The van der Waals surface area contributed by atoms with Crippen LogP contribution < -0.4 is 0 Å². The number of allylic oxidation sites excluding steroid dienone is 1. The van der Waals surface area contributed by atoms with Crippen molar-refractivity contribution in [1.82, 2.24) is 5.06 Å². The van der Waals surface area contributed by atoms with Crippen LogP contribution in [0.1, 0.15) is 37.4 Å². The average Bonchev–Trinajstić information content (AvgIpc) is 2.74. The molecule has 0 radical (unpaired) electrons. The van der Waals surface area contributed by atoms with Crippen LogP contribution in [0.15, 0.2) is 65.9 Å². The number of hydrogen-bond acceptors (Lipinski definition) is 7. The van der Waals surface area contributed by atoms with Gasteiger partial charge in [-0.25, -0.2) is 4.79 Å². The van der Waals surface area contributed by atoms with E-state index in [4.69, 9.17) is 9.57 Å². The van der Waals surface area contributed by atoms with Crippen molar-refractivity contribution in [3.05, 3.63) is 87.2 Å². The quantitative estimate of drug-likeness (QED) is 0.167. The number of non-ortho nitro benzene ring substituents is 1. The molecule has 0 N–H and O–H groups in total. The Kier molecular flexibility index (Phi) is 6.44. The molecule has 1 saturated heterocycles. The number of carbonyl (C=O) groups excluding carboxylic acids is 3. The molecule has 9 nitrogen and oxygen atoms in total. The topological polar surface area (TPSA) is 116 Å². The summed E-state index contributed by atoms with van der Waals surface area (Å²) < 4.78 is 5.07. The highest BCUT2D eigenvalue weighted by atomic mass is 16.7. The molecule has 1 fully saturated rings. The summed E-state index contributed by atoms with van der Waals surface area (Å²) in [5, 5.41) is 11.8. The molecule has 31 heavy (non-hydrogen) atoms. The molecule has 1 atom stereocenters. The number of carbonyl (C=O) groups is 3. The van der Waals surface area contributed by atoms with Gasteiger partial charge in [0.2, 0.25) is 0 Å². The van der Waals surface area contributed by atoms with Gasteiger partial charge in [0, 0.05) is 25.5 Å². The highest BCUT2D eigenvalue weighted by molar-refractivity contribution is 5.92. The van der Waals surface area contributed by atoms with Crippen LogP contribution in [0.25, 0.3) is 0 Å². The van der Waals surface area contributed by atoms with Gasteiger partial charge in [0.05, 0.1) is 16.9 Å². The molecule has 0 spiro atoms. The Hall–Kier alpha value is -4.01. The first kappa shape index (κ1) is 21.7. The van der Waals surface area contributed by atoms with E-state index in [1.165, 1.54) is 38.1 Å². The molecule has 160 valence electrons. The van der Waals surface area contributed by atoms with Crippen LogP contribution in [0.3, 0.4) is 0 Å². The second kappa shape index (κ2) is 9.21. The van der Waals surface area contributed by atoms with Gasteiger partial charge in [0.1, 0.15) is 11.8 Å². The average molecular weight is 424 g/mol. The lowest BCUT2D eigenvalue weighted by molar-refractivity contribution is -0.384. The van der Waals surface area contributed by atoms with Crippen LogP contribution in [0.4, 0.5) is 5.69 Å². The monoisotopic (exact) mass is 424 g/mol. The third-order valence-corrected chi connectivity index (χ3v) is 4.76. The normalized spacial score (nSPS) is 16.1. The zero-order valence-corrected chi connectivity index (χ0v) is 16.9. The van der Waals surface area contributed by atoms with Gasteiger partial charge in [0.15, 0.2) is 0 Å². The fourth-order valence-corrected chi connectivity index (χ4v) is 3.14. The van der Waals surface area contributed by atoms with Crippen LogP contribution in [-0.4, -0.2) is 27.8 Å². The summed E-state index contributed by atoms with van der Waals surface area (Å²) in [5.74, 6) is -1.78. The molecule has 0 bridgehead atoms. The van der Waals surface area contributed by atoms with Gasteiger partial charge < -0.3 is 9.57 Å². The van der Waals surface area contributed by atoms with Gasteiger partial charge in [-0.2, -0.15) is 5.06 Å². The fraction of sp³-hybridized carbons (Fsp3) is 0.227. The van der Waals surface area contributed by atoms with E-state index in [1.807, 2.05) is 30.3 Å². The number of amides is 1. The minimum Gasteiger partial charge on any atom is -0.431 e. The van der Waals surface area contributed by atoms with E-state index in [0.717, 1.165) is 10.6 Å². The van der Waals surface area contributed by atoms with Crippen molar-refractivity contribution in [2.24, 2.45) is 0 Å². The highest BCUT2D eigenvalue weighted by Crippen LogP contribution is 2.35. The van der Waals surface area contributed by atoms with Crippen LogP contribution >= 0.6 is 0 Å². The summed E-state index contributed by atoms with van der Waals surface area (Å²) in [6, 6.07) is 14.4. The third-order valence-electron chi connectivity index (χ3n) is 4.76. The van der Waals surface area contributed by atoms with Crippen LogP contribution in [0.2, 0.25) is 0 Å².